The van der Waals surface area contributed by atoms with Crippen molar-refractivity contribution in [2.75, 3.05) is 0 Å². The van der Waals surface area contributed by atoms with Gasteiger partial charge in [-0.2, -0.15) is 0 Å². The summed E-state index contributed by atoms with van der Waals surface area (Å²) in [4.78, 5) is 0. The third-order valence-corrected chi connectivity index (χ3v) is 3.23. The molecule has 0 amide bonds. The van der Waals surface area contributed by atoms with Crippen LogP contribution in [0.5, 0.6) is 0 Å². The number of rotatable bonds is 0. The lowest BCUT2D eigenvalue weighted by atomic mass is 10.0. The molecule has 2 rings (SSSR count). The number of hydrogen-bond donors (Lipinski definition) is 0. The van der Waals surface area contributed by atoms with E-state index in [-0.39, 0.29) is 0 Å². The second-order valence-corrected chi connectivity index (χ2v) is 3.86. The fraction of sp³-hybridized carbons (Fsp3) is 0.417. The van der Waals surface area contributed by atoms with Crippen LogP contribution in [0.2, 0.25) is 0 Å². The highest BCUT2D eigenvalue weighted by Crippen LogP contribution is 2.46. The summed E-state index contributed by atoms with van der Waals surface area (Å²) in [6.45, 7) is 10.6. The van der Waals surface area contributed by atoms with Crippen LogP contribution in [-0.2, 0) is 4.74 Å². The molecule has 13 heavy (non-hydrogen) atoms. The smallest absolute Gasteiger partial charge is 0.171 e. The first-order chi connectivity index (χ1) is 6.04. The molecule has 0 N–H and O–H groups in total. The number of hydrogen-bond acceptors (Lipinski definition) is 1. The minimum Gasteiger partial charge on any atom is -0.478 e. The summed E-state index contributed by atoms with van der Waals surface area (Å²) >= 11 is 0. The number of ether oxygens (including phenoxy) is 1. The highest BCUT2D eigenvalue weighted by Gasteiger charge is 2.33. The Morgan fingerprint density at radius 1 is 0.692 bits per heavy atom. The molecule has 0 bridgehead atoms. The van der Waals surface area contributed by atoms with E-state index >= 15 is 0 Å². The molecule has 0 atom stereocenters. The molecule has 1 heteroatoms. The summed E-state index contributed by atoms with van der Waals surface area (Å²) < 4.78 is 5.73. The Morgan fingerprint density at radius 2 is 1.31 bits per heavy atom. The van der Waals surface area contributed by atoms with Crippen LogP contribution in [0.15, 0.2) is 33.6 Å². The van der Waals surface area contributed by atoms with Crippen molar-refractivity contribution in [2.45, 2.75) is 34.6 Å². The monoisotopic (exact) mass is 175 g/mol. The first-order valence-corrected chi connectivity index (χ1v) is 4.66. The van der Waals surface area contributed by atoms with Crippen LogP contribution in [0.1, 0.15) is 34.6 Å². The Hall–Kier alpha value is -0.980. The van der Waals surface area contributed by atoms with E-state index in [2.05, 4.69) is 27.7 Å². The lowest BCUT2D eigenvalue weighted by molar-refractivity contribution is 0.275. The second-order valence-electron chi connectivity index (χ2n) is 3.86. The van der Waals surface area contributed by atoms with E-state index in [0.717, 1.165) is 11.9 Å². The van der Waals surface area contributed by atoms with Crippen LogP contribution in [-0.4, -0.2) is 0 Å². The van der Waals surface area contributed by atoms with Crippen LogP contribution in [0, 0.1) is 6.10 Å². The molecule has 1 aliphatic heterocycles. The lowest BCUT2D eigenvalue weighted by Gasteiger charge is -2.06. The van der Waals surface area contributed by atoms with Gasteiger partial charge in [0.2, 0.25) is 0 Å². The zero-order valence-electron chi connectivity index (χ0n) is 8.91. The molecule has 1 aliphatic carbocycles. The Kier molecular flexibility index (Phi) is 1.66. The fourth-order valence-corrected chi connectivity index (χ4v) is 1.98. The average molecular weight is 175 g/mol. The third-order valence-electron chi connectivity index (χ3n) is 3.23. The van der Waals surface area contributed by atoms with Gasteiger partial charge < -0.3 is 4.74 Å². The molecule has 0 saturated carbocycles. The zero-order valence-corrected chi connectivity index (χ0v) is 8.91. The van der Waals surface area contributed by atoms with Crippen molar-refractivity contribution < 1.29 is 4.74 Å². The summed E-state index contributed by atoms with van der Waals surface area (Å²) in [5.74, 6) is 1.09. The van der Waals surface area contributed by atoms with Crippen LogP contribution in [0.25, 0.3) is 0 Å². The summed E-state index contributed by atoms with van der Waals surface area (Å²) in [5, 5.41) is 0. The standard InChI is InChI=1S/C12H15O/c1-6-7(2)11-9(4)10(5)13-12(11)8(6)3/h1-5H3. The largest absolute Gasteiger partial charge is 0.478 e. The molecule has 0 fully saturated rings. The normalized spacial score (nSPS) is 23.2. The van der Waals surface area contributed by atoms with Crippen molar-refractivity contribution in [3.05, 3.63) is 39.7 Å². The molecular formula is C12H15O. The predicted molar refractivity (Wildman–Crippen MR) is 53.8 cm³/mol. The molecule has 1 nitrogen and oxygen atoms in total. The van der Waals surface area contributed by atoms with Crippen LogP contribution in [0.4, 0.5) is 0 Å². The van der Waals surface area contributed by atoms with Gasteiger partial charge >= 0.3 is 0 Å². The Balaban J connectivity index is 2.64. The first kappa shape index (κ1) is 8.61. The van der Waals surface area contributed by atoms with Crippen molar-refractivity contribution in [1.29, 1.82) is 0 Å². The van der Waals surface area contributed by atoms with Gasteiger partial charge in [0.05, 0.1) is 0 Å². The first-order valence-electron chi connectivity index (χ1n) is 4.66. The summed E-state index contributed by atoms with van der Waals surface area (Å²) in [5.41, 5.74) is 6.67. The molecule has 69 valence electrons. The Labute approximate surface area is 79.8 Å². The topological polar surface area (TPSA) is 9.23 Å². The van der Waals surface area contributed by atoms with Gasteiger partial charge in [0.25, 0.3) is 0 Å². The maximum Gasteiger partial charge on any atom is 0.171 e. The van der Waals surface area contributed by atoms with E-state index < -0.39 is 0 Å². The van der Waals surface area contributed by atoms with Crippen molar-refractivity contribution in [3.63, 3.8) is 0 Å². The van der Waals surface area contributed by atoms with E-state index in [0.29, 0.717) is 0 Å². The van der Waals surface area contributed by atoms with Gasteiger partial charge in [0, 0.05) is 5.57 Å². The molecule has 0 spiro atoms. The third kappa shape index (κ3) is 0.932. The van der Waals surface area contributed by atoms with E-state index in [1.54, 1.807) is 0 Å². The molecule has 0 aromatic rings. The van der Waals surface area contributed by atoms with Gasteiger partial charge in [-0.15, -0.1) is 0 Å². The van der Waals surface area contributed by atoms with Crippen LogP contribution < -0.4 is 0 Å². The van der Waals surface area contributed by atoms with E-state index in [4.69, 9.17) is 4.74 Å². The minimum atomic E-state index is 1.05. The van der Waals surface area contributed by atoms with Gasteiger partial charge in [-0.25, -0.2) is 0 Å². The summed E-state index contributed by atoms with van der Waals surface area (Å²) in [6, 6.07) is 0. The highest BCUT2D eigenvalue weighted by atomic mass is 16.5. The number of fused-ring (bicyclic) bond motifs is 1. The van der Waals surface area contributed by atoms with Crippen molar-refractivity contribution in [2.24, 2.45) is 0 Å². The second kappa shape index (κ2) is 2.50. The Morgan fingerprint density at radius 3 is 1.85 bits per heavy atom. The molecule has 0 saturated heterocycles. The van der Waals surface area contributed by atoms with Crippen molar-refractivity contribution >= 4 is 0 Å². The van der Waals surface area contributed by atoms with Gasteiger partial charge in [0.1, 0.15) is 5.76 Å². The SMILES string of the molecule is C[C]1OC2=C(C)C(C)=C(C)C2=C1C. The quantitative estimate of drug-likeness (QED) is 0.547. The average Bonchev–Trinajstić information content (AvgIpc) is 2.48. The number of allylic oxidation sites excluding steroid dienone is 3. The molecule has 0 aromatic carbocycles. The highest BCUT2D eigenvalue weighted by molar-refractivity contribution is 5.65. The molecule has 1 radical (unpaired) electrons. The summed E-state index contributed by atoms with van der Waals surface area (Å²) in [7, 11) is 0. The van der Waals surface area contributed by atoms with Gasteiger partial charge in [-0.05, 0) is 56.9 Å². The van der Waals surface area contributed by atoms with Crippen LogP contribution in [0.3, 0.4) is 0 Å². The van der Waals surface area contributed by atoms with Gasteiger partial charge in [0.15, 0.2) is 6.10 Å². The maximum absolute atomic E-state index is 5.73. The van der Waals surface area contributed by atoms with Gasteiger partial charge in [-0.1, -0.05) is 0 Å². The van der Waals surface area contributed by atoms with E-state index in [1.807, 2.05) is 6.92 Å². The zero-order chi connectivity index (χ0) is 9.75. The predicted octanol–water partition coefficient (Wildman–Crippen LogP) is 3.51. The van der Waals surface area contributed by atoms with Crippen molar-refractivity contribution in [1.82, 2.24) is 0 Å². The van der Waals surface area contributed by atoms with Gasteiger partial charge in [-0.3, -0.25) is 0 Å². The summed E-state index contributed by atoms with van der Waals surface area (Å²) in [6.07, 6.45) is 1.05. The molecular weight excluding hydrogens is 160 g/mol. The molecule has 2 aliphatic rings. The van der Waals surface area contributed by atoms with E-state index in [1.165, 1.54) is 27.9 Å². The van der Waals surface area contributed by atoms with Crippen molar-refractivity contribution in [3.8, 4) is 0 Å². The van der Waals surface area contributed by atoms with Crippen LogP contribution >= 0.6 is 0 Å². The lowest BCUT2D eigenvalue weighted by Crippen LogP contribution is -1.91. The van der Waals surface area contributed by atoms with E-state index in [9.17, 15) is 0 Å². The fourth-order valence-electron chi connectivity index (χ4n) is 1.98. The molecule has 1 heterocycles. The molecule has 0 aromatic heterocycles. The molecule has 0 unspecified atom stereocenters. The minimum absolute atomic E-state index is 1.05. The maximum atomic E-state index is 5.73. The Bertz CT molecular complexity index is 367.